The molecular formula is C11H9Cl3N2. The summed E-state index contributed by atoms with van der Waals surface area (Å²) in [4.78, 5) is 0. The van der Waals surface area contributed by atoms with Crippen LogP contribution < -0.4 is 0 Å². The Morgan fingerprint density at radius 1 is 1.25 bits per heavy atom. The molecule has 2 nitrogen and oxygen atoms in total. The van der Waals surface area contributed by atoms with Crippen molar-refractivity contribution in [2.75, 3.05) is 0 Å². The van der Waals surface area contributed by atoms with E-state index in [-0.39, 0.29) is 0 Å². The van der Waals surface area contributed by atoms with E-state index in [0.717, 1.165) is 16.9 Å². The molecule has 0 radical (unpaired) electrons. The van der Waals surface area contributed by atoms with E-state index in [1.807, 2.05) is 25.3 Å². The Bertz CT molecular complexity index is 520. The first kappa shape index (κ1) is 11.8. The molecule has 0 atom stereocenters. The molecule has 0 saturated carbocycles. The van der Waals surface area contributed by atoms with Crippen LogP contribution in [0.15, 0.2) is 24.4 Å². The van der Waals surface area contributed by atoms with Gasteiger partial charge in [-0.3, -0.25) is 0 Å². The van der Waals surface area contributed by atoms with Crippen LogP contribution in [0.5, 0.6) is 0 Å². The molecule has 0 spiro atoms. The van der Waals surface area contributed by atoms with E-state index in [2.05, 4.69) is 5.10 Å². The lowest BCUT2D eigenvalue weighted by Gasteiger charge is -2.07. The molecule has 0 fully saturated rings. The second kappa shape index (κ2) is 4.66. The van der Waals surface area contributed by atoms with Crippen LogP contribution in [-0.4, -0.2) is 9.78 Å². The van der Waals surface area contributed by atoms with Gasteiger partial charge < -0.3 is 0 Å². The number of hydrogen-bond acceptors (Lipinski definition) is 1. The fourth-order valence-corrected chi connectivity index (χ4v) is 1.98. The summed E-state index contributed by atoms with van der Waals surface area (Å²) in [6, 6.07) is 5.46. The van der Waals surface area contributed by atoms with Crippen molar-refractivity contribution in [3.05, 3.63) is 45.7 Å². The van der Waals surface area contributed by atoms with Gasteiger partial charge in [-0.1, -0.05) is 23.2 Å². The lowest BCUT2D eigenvalue weighted by Crippen LogP contribution is -1.97. The minimum atomic E-state index is 0.379. The number of hydrogen-bond donors (Lipinski definition) is 0. The third-order valence-electron chi connectivity index (χ3n) is 2.26. The van der Waals surface area contributed by atoms with Gasteiger partial charge in [0.15, 0.2) is 0 Å². The molecule has 0 aliphatic rings. The minimum Gasteiger partial charge on any atom is -0.239 e. The number of aromatic nitrogens is 2. The Morgan fingerprint density at radius 3 is 2.62 bits per heavy atom. The van der Waals surface area contributed by atoms with Crippen LogP contribution >= 0.6 is 34.8 Å². The zero-order chi connectivity index (χ0) is 11.7. The van der Waals surface area contributed by atoms with E-state index in [9.17, 15) is 0 Å². The molecule has 0 unspecified atom stereocenters. The molecule has 84 valence electrons. The lowest BCUT2D eigenvalue weighted by atomic mass is 10.2. The van der Waals surface area contributed by atoms with Crippen LogP contribution in [-0.2, 0) is 5.88 Å². The van der Waals surface area contributed by atoms with Gasteiger partial charge in [-0.15, -0.1) is 11.6 Å². The fraction of sp³-hybridized carbons (Fsp3) is 0.182. The van der Waals surface area contributed by atoms with Gasteiger partial charge in [0.1, 0.15) is 0 Å². The van der Waals surface area contributed by atoms with Crippen LogP contribution in [0.2, 0.25) is 10.0 Å². The summed E-state index contributed by atoms with van der Waals surface area (Å²) in [6.07, 6.45) is 1.81. The van der Waals surface area contributed by atoms with Gasteiger partial charge in [-0.2, -0.15) is 5.10 Å². The van der Waals surface area contributed by atoms with Crippen LogP contribution in [0.4, 0.5) is 0 Å². The maximum atomic E-state index is 6.14. The van der Waals surface area contributed by atoms with E-state index in [1.54, 1.807) is 10.7 Å². The number of halogens is 3. The average molecular weight is 276 g/mol. The molecule has 2 rings (SSSR count). The molecule has 0 bridgehead atoms. The van der Waals surface area contributed by atoms with E-state index in [1.165, 1.54) is 0 Å². The van der Waals surface area contributed by atoms with Crippen LogP contribution in [0.3, 0.4) is 0 Å². The average Bonchev–Trinajstić information content (AvgIpc) is 2.71. The van der Waals surface area contributed by atoms with Crippen LogP contribution in [0.25, 0.3) is 5.69 Å². The van der Waals surface area contributed by atoms with Crippen molar-refractivity contribution in [2.45, 2.75) is 12.8 Å². The van der Waals surface area contributed by atoms with Crippen molar-refractivity contribution in [3.63, 3.8) is 0 Å². The summed E-state index contributed by atoms with van der Waals surface area (Å²) in [5, 5.41) is 5.56. The van der Waals surface area contributed by atoms with Crippen molar-refractivity contribution >= 4 is 34.8 Å². The SMILES string of the molecule is Cc1cc(Cl)c(-n2ccc(CCl)n2)cc1Cl. The van der Waals surface area contributed by atoms with Gasteiger partial charge in [-0.05, 0) is 30.7 Å². The molecule has 0 saturated heterocycles. The fourth-order valence-electron chi connectivity index (χ4n) is 1.38. The van der Waals surface area contributed by atoms with Crippen LogP contribution in [0.1, 0.15) is 11.3 Å². The maximum absolute atomic E-state index is 6.14. The van der Waals surface area contributed by atoms with Crippen molar-refractivity contribution in [3.8, 4) is 5.69 Å². The van der Waals surface area contributed by atoms with Crippen molar-refractivity contribution < 1.29 is 0 Å². The standard InChI is InChI=1S/C11H9Cl3N2/c1-7-4-10(14)11(5-9(7)13)16-3-2-8(6-12)15-16/h2-5H,6H2,1H3. The Morgan fingerprint density at radius 2 is 2.00 bits per heavy atom. The van der Waals surface area contributed by atoms with Gasteiger partial charge in [0, 0.05) is 11.2 Å². The van der Waals surface area contributed by atoms with E-state index < -0.39 is 0 Å². The Hall–Kier alpha value is -0.700. The highest BCUT2D eigenvalue weighted by molar-refractivity contribution is 6.35. The van der Waals surface area contributed by atoms with E-state index in [0.29, 0.717) is 15.9 Å². The van der Waals surface area contributed by atoms with Crippen LogP contribution in [0, 0.1) is 6.92 Å². The predicted octanol–water partition coefficient (Wildman–Crippen LogP) is 4.23. The number of alkyl halides is 1. The predicted molar refractivity (Wildman–Crippen MR) is 67.9 cm³/mol. The molecule has 0 N–H and O–H groups in total. The third-order valence-corrected chi connectivity index (χ3v) is 3.24. The summed E-state index contributed by atoms with van der Waals surface area (Å²) in [5.41, 5.74) is 2.50. The number of benzene rings is 1. The molecular weight excluding hydrogens is 266 g/mol. The van der Waals surface area contributed by atoms with Crippen molar-refractivity contribution in [1.29, 1.82) is 0 Å². The molecule has 0 aliphatic carbocycles. The van der Waals surface area contributed by atoms with Gasteiger partial charge in [-0.25, -0.2) is 4.68 Å². The minimum absolute atomic E-state index is 0.379. The van der Waals surface area contributed by atoms with Crippen molar-refractivity contribution in [2.24, 2.45) is 0 Å². The zero-order valence-corrected chi connectivity index (χ0v) is 10.8. The van der Waals surface area contributed by atoms with Gasteiger partial charge in [0.25, 0.3) is 0 Å². The highest BCUT2D eigenvalue weighted by Gasteiger charge is 2.08. The second-order valence-corrected chi connectivity index (χ2v) is 4.52. The topological polar surface area (TPSA) is 17.8 Å². The first-order valence-electron chi connectivity index (χ1n) is 4.68. The Labute approximate surface area is 109 Å². The summed E-state index contributed by atoms with van der Waals surface area (Å²) in [5.74, 6) is 0.379. The normalized spacial score (nSPS) is 10.8. The summed E-state index contributed by atoms with van der Waals surface area (Å²) >= 11 is 17.9. The van der Waals surface area contributed by atoms with Gasteiger partial charge in [0.2, 0.25) is 0 Å². The van der Waals surface area contributed by atoms with Gasteiger partial charge >= 0.3 is 0 Å². The molecule has 1 aromatic heterocycles. The molecule has 0 amide bonds. The largest absolute Gasteiger partial charge is 0.239 e. The zero-order valence-electron chi connectivity index (χ0n) is 8.54. The van der Waals surface area contributed by atoms with E-state index in [4.69, 9.17) is 34.8 Å². The molecule has 5 heteroatoms. The maximum Gasteiger partial charge on any atom is 0.0846 e. The molecule has 1 aromatic carbocycles. The highest BCUT2D eigenvalue weighted by atomic mass is 35.5. The number of rotatable bonds is 2. The summed E-state index contributed by atoms with van der Waals surface area (Å²) in [6.45, 7) is 1.91. The summed E-state index contributed by atoms with van der Waals surface area (Å²) < 4.78 is 1.67. The van der Waals surface area contributed by atoms with Gasteiger partial charge in [0.05, 0.1) is 22.3 Å². The second-order valence-electron chi connectivity index (χ2n) is 3.44. The monoisotopic (exact) mass is 274 g/mol. The van der Waals surface area contributed by atoms with E-state index >= 15 is 0 Å². The Balaban J connectivity index is 2.51. The Kier molecular flexibility index (Phi) is 3.43. The molecule has 1 heterocycles. The highest BCUT2D eigenvalue weighted by Crippen LogP contribution is 2.27. The van der Waals surface area contributed by atoms with Crippen molar-refractivity contribution in [1.82, 2.24) is 9.78 Å². The first-order chi connectivity index (χ1) is 7.61. The molecule has 2 aromatic rings. The quantitative estimate of drug-likeness (QED) is 0.750. The molecule has 0 aliphatic heterocycles. The first-order valence-corrected chi connectivity index (χ1v) is 5.97. The third kappa shape index (κ3) is 2.19. The summed E-state index contributed by atoms with van der Waals surface area (Å²) in [7, 11) is 0. The lowest BCUT2D eigenvalue weighted by molar-refractivity contribution is 0.858. The smallest absolute Gasteiger partial charge is 0.0846 e. The number of aryl methyl sites for hydroxylation is 1. The molecule has 16 heavy (non-hydrogen) atoms. The number of nitrogens with zero attached hydrogens (tertiary/aromatic N) is 2.